The van der Waals surface area contributed by atoms with Gasteiger partial charge in [-0.1, -0.05) is 0 Å². The Morgan fingerprint density at radius 1 is 1.27 bits per heavy atom. The third kappa shape index (κ3) is 2.79. The Balaban J connectivity index is 1.82. The number of piperazine rings is 1. The molecule has 0 aliphatic carbocycles. The van der Waals surface area contributed by atoms with Crippen LogP contribution in [0, 0.1) is 5.82 Å². The van der Waals surface area contributed by atoms with Crippen LogP contribution in [0.25, 0.3) is 22.2 Å². The average Bonchev–Trinajstić information content (AvgIpc) is 3.17. The van der Waals surface area contributed by atoms with Crippen LogP contribution in [0.3, 0.4) is 0 Å². The molecule has 3 heterocycles. The normalized spacial score (nSPS) is 14.9. The fraction of sp³-hybridized carbons (Fsp3) is 0.222. The molecule has 0 saturated carbocycles. The number of pyridine rings is 1. The van der Waals surface area contributed by atoms with Gasteiger partial charge < -0.3 is 9.80 Å². The van der Waals surface area contributed by atoms with Crippen molar-refractivity contribution in [2.24, 2.45) is 0 Å². The molecule has 0 spiro atoms. The highest BCUT2D eigenvalue weighted by Gasteiger charge is 2.27. The number of hydrogen-bond donors (Lipinski definition) is 1. The summed E-state index contributed by atoms with van der Waals surface area (Å²) < 4.78 is 13.7. The summed E-state index contributed by atoms with van der Waals surface area (Å²) in [5.41, 5.74) is 1.98. The second-order valence-electron chi connectivity index (χ2n) is 6.25. The molecule has 0 radical (unpaired) electrons. The first kappa shape index (κ1) is 16.2. The number of nitrogens with zero attached hydrogens (tertiary/aromatic N) is 4. The van der Waals surface area contributed by atoms with Crippen molar-refractivity contribution in [1.82, 2.24) is 25.0 Å². The van der Waals surface area contributed by atoms with Crippen molar-refractivity contribution in [3.8, 4) is 11.3 Å². The number of nitrogens with one attached hydrogen (secondary N) is 1. The smallest absolute Gasteiger partial charge is 0.255 e. The van der Waals surface area contributed by atoms with E-state index in [-0.39, 0.29) is 18.4 Å². The van der Waals surface area contributed by atoms with Crippen LogP contribution in [0.5, 0.6) is 0 Å². The highest BCUT2D eigenvalue weighted by molar-refractivity contribution is 6.08. The number of halogens is 1. The first-order valence-electron chi connectivity index (χ1n) is 8.15. The number of carbonyl (C=O) groups is 2. The second kappa shape index (κ2) is 6.21. The van der Waals surface area contributed by atoms with Crippen molar-refractivity contribution in [3.05, 3.63) is 48.0 Å². The number of hydrogen-bond acceptors (Lipinski definition) is 4. The molecule has 1 N–H and O–H groups in total. The van der Waals surface area contributed by atoms with Crippen LogP contribution < -0.4 is 0 Å². The molecule has 0 atom stereocenters. The molecule has 0 unspecified atom stereocenters. The van der Waals surface area contributed by atoms with E-state index in [0.717, 1.165) is 0 Å². The minimum Gasteiger partial charge on any atom is -0.342 e. The van der Waals surface area contributed by atoms with E-state index in [1.54, 1.807) is 36.5 Å². The summed E-state index contributed by atoms with van der Waals surface area (Å²) in [5, 5.41) is 7.15. The van der Waals surface area contributed by atoms with Gasteiger partial charge in [-0.05, 0) is 18.2 Å². The Bertz CT molecular complexity index is 1000. The largest absolute Gasteiger partial charge is 0.342 e. The van der Waals surface area contributed by atoms with Crippen LogP contribution in [0.4, 0.5) is 4.39 Å². The van der Waals surface area contributed by atoms with Crippen molar-refractivity contribution in [3.63, 3.8) is 0 Å². The predicted octanol–water partition coefficient (Wildman–Crippen LogP) is 1.68. The lowest BCUT2D eigenvalue weighted by atomic mass is 10.0. The van der Waals surface area contributed by atoms with Gasteiger partial charge in [-0.25, -0.2) is 9.37 Å². The molecule has 2 amide bonds. The van der Waals surface area contributed by atoms with Crippen LogP contribution in [-0.4, -0.2) is 63.5 Å². The van der Waals surface area contributed by atoms with E-state index >= 15 is 0 Å². The van der Waals surface area contributed by atoms with E-state index in [4.69, 9.17) is 0 Å². The molecule has 0 bridgehead atoms. The Morgan fingerprint density at radius 3 is 2.85 bits per heavy atom. The van der Waals surface area contributed by atoms with E-state index in [2.05, 4.69) is 15.2 Å². The zero-order valence-corrected chi connectivity index (χ0v) is 14.1. The lowest BCUT2D eigenvalue weighted by molar-refractivity contribution is -0.133. The first-order chi connectivity index (χ1) is 12.5. The number of rotatable bonds is 2. The maximum Gasteiger partial charge on any atom is 0.255 e. The topological polar surface area (TPSA) is 82.2 Å². The van der Waals surface area contributed by atoms with Crippen molar-refractivity contribution in [1.29, 1.82) is 0 Å². The van der Waals surface area contributed by atoms with Gasteiger partial charge in [0.15, 0.2) is 0 Å². The fourth-order valence-electron chi connectivity index (χ4n) is 3.02. The lowest BCUT2D eigenvalue weighted by Gasteiger charge is -2.32. The minimum absolute atomic E-state index is 0.0292. The molecule has 132 valence electrons. The van der Waals surface area contributed by atoms with Gasteiger partial charge in [0, 0.05) is 43.4 Å². The Morgan fingerprint density at radius 2 is 2.12 bits per heavy atom. The monoisotopic (exact) mass is 353 g/mol. The van der Waals surface area contributed by atoms with E-state index < -0.39 is 5.82 Å². The summed E-state index contributed by atoms with van der Waals surface area (Å²) in [7, 11) is 1.71. The molecular formula is C18H16FN5O2. The standard InChI is InChI=1S/C18H16FN5O2/c1-23-4-5-24(10-17(23)25)18(26)14-7-15(11-8-20-21-9-11)22-16-6-12(19)2-3-13(14)16/h2-3,6-9H,4-5,10H2,1H3,(H,20,21). The molecule has 26 heavy (non-hydrogen) atoms. The molecule has 4 rings (SSSR count). The molecule has 1 aliphatic heterocycles. The van der Waals surface area contributed by atoms with Gasteiger partial charge in [-0.2, -0.15) is 5.10 Å². The van der Waals surface area contributed by atoms with Gasteiger partial charge in [-0.3, -0.25) is 14.7 Å². The van der Waals surface area contributed by atoms with E-state index in [9.17, 15) is 14.0 Å². The minimum atomic E-state index is -0.428. The van der Waals surface area contributed by atoms with E-state index in [1.165, 1.54) is 17.0 Å². The SMILES string of the molecule is CN1CCN(C(=O)c2cc(-c3cn[nH]c3)nc3cc(F)ccc23)CC1=O. The maximum atomic E-state index is 13.7. The van der Waals surface area contributed by atoms with Crippen molar-refractivity contribution < 1.29 is 14.0 Å². The fourth-order valence-corrected chi connectivity index (χ4v) is 3.02. The third-order valence-electron chi connectivity index (χ3n) is 4.54. The molecule has 8 heteroatoms. The summed E-state index contributed by atoms with van der Waals surface area (Å²) in [6.45, 7) is 0.964. The number of benzene rings is 1. The summed E-state index contributed by atoms with van der Waals surface area (Å²) in [5.74, 6) is -0.804. The number of amides is 2. The summed E-state index contributed by atoms with van der Waals surface area (Å²) in [6, 6.07) is 5.80. The summed E-state index contributed by atoms with van der Waals surface area (Å²) in [6.07, 6.45) is 3.24. The highest BCUT2D eigenvalue weighted by Crippen LogP contribution is 2.26. The molecule has 1 aliphatic rings. The quantitative estimate of drug-likeness (QED) is 0.760. The highest BCUT2D eigenvalue weighted by atomic mass is 19.1. The molecule has 3 aromatic rings. The predicted molar refractivity (Wildman–Crippen MR) is 92.8 cm³/mol. The number of H-pyrrole nitrogens is 1. The lowest BCUT2D eigenvalue weighted by Crippen LogP contribution is -2.50. The number of likely N-dealkylation sites (N-methyl/N-ethyl adjacent to an activating group) is 1. The van der Waals surface area contributed by atoms with Crippen LogP contribution in [-0.2, 0) is 4.79 Å². The Labute approximate surface area is 148 Å². The molecule has 1 aromatic carbocycles. The summed E-state index contributed by atoms with van der Waals surface area (Å²) >= 11 is 0. The molecular weight excluding hydrogens is 337 g/mol. The maximum absolute atomic E-state index is 13.7. The number of fused-ring (bicyclic) bond motifs is 1. The van der Waals surface area contributed by atoms with Gasteiger partial charge >= 0.3 is 0 Å². The van der Waals surface area contributed by atoms with Crippen molar-refractivity contribution in [2.75, 3.05) is 26.7 Å². The van der Waals surface area contributed by atoms with Gasteiger partial charge in [0.05, 0.1) is 23.0 Å². The second-order valence-corrected chi connectivity index (χ2v) is 6.25. The van der Waals surface area contributed by atoms with Crippen molar-refractivity contribution >= 4 is 22.7 Å². The zero-order chi connectivity index (χ0) is 18.3. The van der Waals surface area contributed by atoms with Gasteiger partial charge in [0.25, 0.3) is 5.91 Å². The van der Waals surface area contributed by atoms with Gasteiger partial charge in [0.1, 0.15) is 12.4 Å². The first-order valence-corrected chi connectivity index (χ1v) is 8.15. The Hall–Kier alpha value is -3.29. The molecule has 7 nitrogen and oxygen atoms in total. The average molecular weight is 353 g/mol. The number of aromatic amines is 1. The number of carbonyl (C=O) groups excluding carboxylic acids is 2. The van der Waals surface area contributed by atoms with Crippen LogP contribution in [0.2, 0.25) is 0 Å². The summed E-state index contributed by atoms with van der Waals surface area (Å²) in [4.78, 5) is 32.6. The molecule has 1 saturated heterocycles. The Kier molecular flexibility index (Phi) is 3.87. The molecule has 1 fully saturated rings. The third-order valence-corrected chi connectivity index (χ3v) is 4.54. The van der Waals surface area contributed by atoms with E-state index in [0.29, 0.717) is 40.8 Å². The van der Waals surface area contributed by atoms with Crippen LogP contribution >= 0.6 is 0 Å². The zero-order valence-electron chi connectivity index (χ0n) is 14.1. The van der Waals surface area contributed by atoms with E-state index in [1.807, 2.05) is 0 Å². The number of aromatic nitrogens is 3. The van der Waals surface area contributed by atoms with Gasteiger partial charge in [0.2, 0.25) is 5.91 Å². The van der Waals surface area contributed by atoms with Crippen LogP contribution in [0.1, 0.15) is 10.4 Å². The van der Waals surface area contributed by atoms with Crippen molar-refractivity contribution in [2.45, 2.75) is 0 Å². The molecule has 2 aromatic heterocycles. The van der Waals surface area contributed by atoms with Crippen LogP contribution in [0.15, 0.2) is 36.7 Å². The van der Waals surface area contributed by atoms with Gasteiger partial charge in [-0.15, -0.1) is 0 Å².